The maximum absolute atomic E-state index is 12.0. The van der Waals surface area contributed by atoms with Crippen LogP contribution in [0.25, 0.3) is 0 Å². The Morgan fingerprint density at radius 1 is 1.38 bits per heavy atom. The molecular weight excluding hydrogens is 218 g/mol. The summed E-state index contributed by atoms with van der Waals surface area (Å²) >= 11 is 0. The van der Waals surface area contributed by atoms with Crippen molar-refractivity contribution in [2.45, 2.75) is 51.7 Å². The Labute approximate surface area is 94.5 Å². The number of carbonyl (C=O) groups excluding carboxylic acids is 1. The van der Waals surface area contributed by atoms with E-state index in [1.807, 2.05) is 0 Å². The quantitative estimate of drug-likeness (QED) is 0.768. The second-order valence-electron chi connectivity index (χ2n) is 4.55. The second kappa shape index (κ2) is 6.62. The Kier molecular flexibility index (Phi) is 6.25. The van der Waals surface area contributed by atoms with Gasteiger partial charge in [-0.25, -0.2) is 13.6 Å². The van der Waals surface area contributed by atoms with Crippen LogP contribution >= 0.6 is 0 Å². The summed E-state index contributed by atoms with van der Waals surface area (Å²) < 4.78 is 28.9. The first-order valence-corrected chi connectivity index (χ1v) is 5.22. The first-order valence-electron chi connectivity index (χ1n) is 5.22. The number of amides is 1. The first-order chi connectivity index (χ1) is 7.24. The van der Waals surface area contributed by atoms with E-state index < -0.39 is 24.2 Å². The summed E-state index contributed by atoms with van der Waals surface area (Å²) in [4.78, 5) is 11.3. The van der Waals surface area contributed by atoms with Crippen LogP contribution in [0.3, 0.4) is 0 Å². The van der Waals surface area contributed by atoms with Gasteiger partial charge in [-0.15, -0.1) is 0 Å². The van der Waals surface area contributed by atoms with Gasteiger partial charge in [0.05, 0.1) is 0 Å². The van der Waals surface area contributed by atoms with Crippen LogP contribution in [0.5, 0.6) is 0 Å². The molecule has 0 radical (unpaired) electrons. The van der Waals surface area contributed by atoms with Gasteiger partial charge in [-0.1, -0.05) is 0 Å². The fourth-order valence-electron chi connectivity index (χ4n) is 1.05. The molecule has 0 aromatic heterocycles. The minimum absolute atomic E-state index is 0.117. The van der Waals surface area contributed by atoms with E-state index in [1.54, 1.807) is 20.8 Å². The van der Waals surface area contributed by atoms with E-state index in [-0.39, 0.29) is 19.4 Å². The molecule has 16 heavy (non-hydrogen) atoms. The molecule has 0 saturated carbocycles. The number of ether oxygens (including phenoxy) is 1. The number of carbonyl (C=O) groups is 1. The smallest absolute Gasteiger partial charge is 0.407 e. The standard InChI is InChI=1S/C10H20F2N2O2/c1-10(2,3)16-9(15)14-7(6-13)4-5-8(11)12/h7-8H,4-6,13H2,1-3H3,(H,14,15)/t7-/m1/s1. The number of hydrogen-bond donors (Lipinski definition) is 2. The third kappa shape index (κ3) is 8.40. The van der Waals surface area contributed by atoms with Crippen LogP contribution < -0.4 is 11.1 Å². The van der Waals surface area contributed by atoms with Crippen molar-refractivity contribution in [1.29, 1.82) is 0 Å². The molecule has 0 aliphatic rings. The van der Waals surface area contributed by atoms with Gasteiger partial charge in [0.25, 0.3) is 0 Å². The first kappa shape index (κ1) is 15.1. The van der Waals surface area contributed by atoms with Gasteiger partial charge in [-0.3, -0.25) is 0 Å². The monoisotopic (exact) mass is 238 g/mol. The SMILES string of the molecule is CC(C)(C)OC(=O)N[C@@H](CN)CCC(F)F. The van der Waals surface area contributed by atoms with Crippen molar-refractivity contribution in [1.82, 2.24) is 5.32 Å². The van der Waals surface area contributed by atoms with Crippen molar-refractivity contribution in [3.8, 4) is 0 Å². The minimum atomic E-state index is -2.38. The lowest BCUT2D eigenvalue weighted by Gasteiger charge is -2.22. The summed E-state index contributed by atoms with van der Waals surface area (Å²) in [6.45, 7) is 5.29. The third-order valence-corrected chi connectivity index (χ3v) is 1.74. The van der Waals surface area contributed by atoms with Gasteiger partial charge in [0, 0.05) is 19.0 Å². The van der Waals surface area contributed by atoms with Crippen molar-refractivity contribution < 1.29 is 18.3 Å². The van der Waals surface area contributed by atoms with E-state index in [4.69, 9.17) is 10.5 Å². The third-order valence-electron chi connectivity index (χ3n) is 1.74. The van der Waals surface area contributed by atoms with Crippen LogP contribution in [0.15, 0.2) is 0 Å². The van der Waals surface area contributed by atoms with Crippen molar-refractivity contribution in [2.75, 3.05) is 6.54 Å². The van der Waals surface area contributed by atoms with Crippen LogP contribution in [-0.4, -0.2) is 30.7 Å². The Morgan fingerprint density at radius 3 is 2.31 bits per heavy atom. The Morgan fingerprint density at radius 2 is 1.94 bits per heavy atom. The summed E-state index contributed by atoms with van der Waals surface area (Å²) in [5.41, 5.74) is 4.75. The lowest BCUT2D eigenvalue weighted by Crippen LogP contribution is -2.43. The number of alkyl carbamates (subject to hydrolysis) is 1. The molecule has 3 N–H and O–H groups in total. The molecule has 0 heterocycles. The maximum Gasteiger partial charge on any atom is 0.407 e. The highest BCUT2D eigenvalue weighted by atomic mass is 19.3. The average molecular weight is 238 g/mol. The number of nitrogens with two attached hydrogens (primary N) is 1. The summed E-state index contributed by atoms with van der Waals surface area (Å²) in [7, 11) is 0. The lowest BCUT2D eigenvalue weighted by molar-refractivity contribution is 0.0493. The largest absolute Gasteiger partial charge is 0.444 e. The van der Waals surface area contributed by atoms with Gasteiger partial charge in [-0.05, 0) is 27.2 Å². The van der Waals surface area contributed by atoms with Gasteiger partial charge in [0.15, 0.2) is 0 Å². The molecule has 0 rings (SSSR count). The minimum Gasteiger partial charge on any atom is -0.444 e. The second-order valence-corrected chi connectivity index (χ2v) is 4.55. The molecule has 0 unspecified atom stereocenters. The zero-order chi connectivity index (χ0) is 12.8. The number of hydrogen-bond acceptors (Lipinski definition) is 3. The molecule has 0 aliphatic heterocycles. The molecule has 96 valence electrons. The highest BCUT2D eigenvalue weighted by Crippen LogP contribution is 2.09. The highest BCUT2D eigenvalue weighted by molar-refractivity contribution is 5.68. The van der Waals surface area contributed by atoms with Crippen molar-refractivity contribution in [3.63, 3.8) is 0 Å². The molecule has 6 heteroatoms. The van der Waals surface area contributed by atoms with E-state index >= 15 is 0 Å². The Balaban J connectivity index is 3.97. The summed E-state index contributed by atoms with van der Waals surface area (Å²) in [5.74, 6) is 0. The fraction of sp³-hybridized carbons (Fsp3) is 0.900. The summed E-state index contributed by atoms with van der Waals surface area (Å²) in [6, 6.07) is -0.469. The number of halogens is 2. The van der Waals surface area contributed by atoms with Gasteiger partial charge in [-0.2, -0.15) is 0 Å². The topological polar surface area (TPSA) is 64.3 Å². The normalized spacial score (nSPS) is 13.7. The predicted molar refractivity (Wildman–Crippen MR) is 57.5 cm³/mol. The van der Waals surface area contributed by atoms with Crippen LogP contribution in [0.2, 0.25) is 0 Å². The molecule has 4 nitrogen and oxygen atoms in total. The van der Waals surface area contributed by atoms with Crippen LogP contribution in [0, 0.1) is 0 Å². The van der Waals surface area contributed by atoms with E-state index in [0.29, 0.717) is 0 Å². The van der Waals surface area contributed by atoms with Gasteiger partial charge in [0.1, 0.15) is 5.60 Å². The number of alkyl halides is 2. The van der Waals surface area contributed by atoms with E-state index in [9.17, 15) is 13.6 Å². The molecule has 1 amide bonds. The predicted octanol–water partition coefficient (Wildman–Crippen LogP) is 1.88. The zero-order valence-electron chi connectivity index (χ0n) is 9.93. The summed E-state index contributed by atoms with van der Waals surface area (Å²) in [5, 5.41) is 2.46. The zero-order valence-corrected chi connectivity index (χ0v) is 9.93. The molecule has 0 aromatic rings. The maximum atomic E-state index is 12.0. The van der Waals surface area contributed by atoms with E-state index in [0.717, 1.165) is 0 Å². The number of rotatable bonds is 5. The van der Waals surface area contributed by atoms with Gasteiger partial charge in [0.2, 0.25) is 6.43 Å². The lowest BCUT2D eigenvalue weighted by atomic mass is 10.1. The Bertz CT molecular complexity index is 217. The average Bonchev–Trinajstić information content (AvgIpc) is 2.08. The molecule has 0 fully saturated rings. The molecule has 0 saturated heterocycles. The molecular formula is C10H20F2N2O2. The van der Waals surface area contributed by atoms with Gasteiger partial charge < -0.3 is 15.8 Å². The van der Waals surface area contributed by atoms with Crippen LogP contribution in [0.4, 0.5) is 13.6 Å². The number of nitrogens with one attached hydrogen (secondary N) is 1. The van der Waals surface area contributed by atoms with Crippen molar-refractivity contribution in [3.05, 3.63) is 0 Å². The molecule has 0 spiro atoms. The van der Waals surface area contributed by atoms with Crippen molar-refractivity contribution >= 4 is 6.09 Å². The Hall–Kier alpha value is -0.910. The van der Waals surface area contributed by atoms with E-state index in [2.05, 4.69) is 5.32 Å². The van der Waals surface area contributed by atoms with Gasteiger partial charge >= 0.3 is 6.09 Å². The molecule has 0 aromatic carbocycles. The fourth-order valence-corrected chi connectivity index (χ4v) is 1.05. The highest BCUT2D eigenvalue weighted by Gasteiger charge is 2.19. The van der Waals surface area contributed by atoms with Crippen LogP contribution in [-0.2, 0) is 4.74 Å². The molecule has 0 bridgehead atoms. The summed E-state index contributed by atoms with van der Waals surface area (Å²) in [6.07, 6.45) is -3.14. The van der Waals surface area contributed by atoms with Crippen molar-refractivity contribution in [2.24, 2.45) is 5.73 Å². The van der Waals surface area contributed by atoms with Crippen LogP contribution in [0.1, 0.15) is 33.6 Å². The molecule has 1 atom stereocenters. The molecule has 0 aliphatic carbocycles. The van der Waals surface area contributed by atoms with E-state index in [1.165, 1.54) is 0 Å².